The minimum atomic E-state index is 0.582. The minimum Gasteiger partial charge on any atom is -0.354 e. The zero-order valence-corrected chi connectivity index (χ0v) is 15.4. The maximum atomic E-state index is 5.12. The van der Waals surface area contributed by atoms with E-state index < -0.39 is 0 Å². The molecule has 1 N–H and O–H groups in total. The van der Waals surface area contributed by atoms with Crippen molar-refractivity contribution in [1.29, 1.82) is 0 Å². The molecule has 0 aromatic heterocycles. The van der Waals surface area contributed by atoms with Crippen LogP contribution in [0.4, 0.5) is 0 Å². The number of rotatable bonds is 8. The van der Waals surface area contributed by atoms with Crippen molar-refractivity contribution in [3.8, 4) is 0 Å². The molecule has 2 saturated heterocycles. The highest BCUT2D eigenvalue weighted by atomic mass is 15.4. The van der Waals surface area contributed by atoms with Gasteiger partial charge in [0.2, 0.25) is 0 Å². The summed E-state index contributed by atoms with van der Waals surface area (Å²) in [4.78, 5) is 7.77. The molecule has 3 rings (SSSR count). The Morgan fingerprint density at radius 1 is 1.00 bits per heavy atom. The van der Waals surface area contributed by atoms with E-state index in [2.05, 4.69) is 24.1 Å². The van der Waals surface area contributed by atoms with E-state index in [1.807, 2.05) is 0 Å². The third-order valence-electron chi connectivity index (χ3n) is 6.10. The van der Waals surface area contributed by atoms with Crippen LogP contribution in [0.15, 0.2) is 4.99 Å². The molecule has 3 aliphatic heterocycles. The number of piperidine rings is 1. The second-order valence-electron chi connectivity index (χ2n) is 8.18. The van der Waals surface area contributed by atoms with Crippen LogP contribution < -0.4 is 5.32 Å². The molecule has 3 heterocycles. The molecule has 0 aromatic rings. The Labute approximate surface area is 143 Å². The number of unbranched alkanes of at least 4 members (excludes halogenated alkanes) is 6. The van der Waals surface area contributed by atoms with Gasteiger partial charge in [-0.3, -0.25) is 0 Å². The number of aliphatic imine (C=N–C) groups is 1. The molecular weight excluding hydrogens is 282 g/mol. The molecule has 0 unspecified atom stereocenters. The minimum absolute atomic E-state index is 0.582. The van der Waals surface area contributed by atoms with Gasteiger partial charge in [0.15, 0.2) is 5.96 Å². The maximum absolute atomic E-state index is 5.12. The molecule has 132 valence electrons. The van der Waals surface area contributed by atoms with Crippen LogP contribution in [0.2, 0.25) is 0 Å². The largest absolute Gasteiger partial charge is 0.354 e. The van der Waals surface area contributed by atoms with Crippen LogP contribution in [-0.4, -0.2) is 35.0 Å². The van der Waals surface area contributed by atoms with Crippen molar-refractivity contribution in [1.82, 2.24) is 10.2 Å². The average Bonchev–Trinajstić information content (AvgIpc) is 2.54. The third-order valence-corrected chi connectivity index (χ3v) is 6.10. The summed E-state index contributed by atoms with van der Waals surface area (Å²) in [5, 5.41) is 3.68. The predicted molar refractivity (Wildman–Crippen MR) is 98.9 cm³/mol. The number of hydrogen-bond donors (Lipinski definition) is 1. The third kappa shape index (κ3) is 4.42. The van der Waals surface area contributed by atoms with Crippen molar-refractivity contribution in [3.63, 3.8) is 0 Å². The Morgan fingerprint density at radius 2 is 1.70 bits per heavy atom. The van der Waals surface area contributed by atoms with Crippen LogP contribution in [-0.2, 0) is 0 Å². The SMILES string of the molecule is CCCCCCCCC[C@H]1C[C@H]2CCC[C@H]3C[C@@H](C)NC(=N1)N23. The summed E-state index contributed by atoms with van der Waals surface area (Å²) in [6, 6.07) is 2.73. The quantitative estimate of drug-likeness (QED) is 0.647. The Balaban J connectivity index is 1.46. The van der Waals surface area contributed by atoms with Gasteiger partial charge in [0.1, 0.15) is 0 Å². The van der Waals surface area contributed by atoms with Crippen molar-refractivity contribution in [2.75, 3.05) is 0 Å². The Hall–Kier alpha value is -0.730. The fourth-order valence-electron chi connectivity index (χ4n) is 4.90. The summed E-state index contributed by atoms with van der Waals surface area (Å²) in [7, 11) is 0. The van der Waals surface area contributed by atoms with Gasteiger partial charge in [0, 0.05) is 18.1 Å². The van der Waals surface area contributed by atoms with Gasteiger partial charge in [0.05, 0.1) is 6.04 Å². The van der Waals surface area contributed by atoms with E-state index in [9.17, 15) is 0 Å². The highest BCUT2D eigenvalue weighted by Crippen LogP contribution is 2.35. The Kier molecular flexibility index (Phi) is 6.24. The monoisotopic (exact) mass is 319 g/mol. The molecule has 0 radical (unpaired) electrons. The standard InChI is InChI=1S/C20H37N3/c1-3-4-5-6-7-8-9-11-17-15-19-13-10-12-18-14-16(2)21-20(22-17)23(18)19/h16-19H,3-15H2,1-2H3,(H,21,22)/t16-,17+,18+,19-/m1/s1. The first-order valence-corrected chi connectivity index (χ1v) is 10.4. The van der Waals surface area contributed by atoms with E-state index in [0.29, 0.717) is 12.1 Å². The number of guanidine groups is 1. The van der Waals surface area contributed by atoms with E-state index in [-0.39, 0.29) is 0 Å². The second kappa shape index (κ2) is 8.39. The van der Waals surface area contributed by atoms with E-state index in [1.165, 1.54) is 89.4 Å². The van der Waals surface area contributed by atoms with Gasteiger partial charge in [-0.15, -0.1) is 0 Å². The summed E-state index contributed by atoms with van der Waals surface area (Å²) in [5.74, 6) is 1.25. The summed E-state index contributed by atoms with van der Waals surface area (Å²) in [5.41, 5.74) is 0. The van der Waals surface area contributed by atoms with Crippen molar-refractivity contribution in [3.05, 3.63) is 0 Å². The number of hydrogen-bond acceptors (Lipinski definition) is 3. The van der Waals surface area contributed by atoms with Gasteiger partial charge < -0.3 is 10.2 Å². The Morgan fingerprint density at radius 3 is 2.48 bits per heavy atom. The van der Waals surface area contributed by atoms with E-state index >= 15 is 0 Å². The molecule has 0 amide bonds. The molecule has 0 spiro atoms. The molecule has 4 atom stereocenters. The smallest absolute Gasteiger partial charge is 0.194 e. The summed E-state index contributed by atoms with van der Waals surface area (Å²) in [6.07, 6.45) is 18.0. The lowest BCUT2D eigenvalue weighted by molar-refractivity contribution is 0.102. The van der Waals surface area contributed by atoms with Crippen LogP contribution in [0.5, 0.6) is 0 Å². The van der Waals surface area contributed by atoms with E-state index in [4.69, 9.17) is 4.99 Å². The van der Waals surface area contributed by atoms with Gasteiger partial charge in [0.25, 0.3) is 0 Å². The second-order valence-corrected chi connectivity index (χ2v) is 8.18. The van der Waals surface area contributed by atoms with Crippen LogP contribution in [0, 0.1) is 0 Å². The molecule has 0 aliphatic carbocycles. The highest BCUT2D eigenvalue weighted by Gasteiger charge is 2.40. The first kappa shape index (κ1) is 17.1. The highest BCUT2D eigenvalue weighted by molar-refractivity contribution is 5.82. The molecular formula is C20H37N3. The molecule has 3 heteroatoms. The summed E-state index contributed by atoms with van der Waals surface area (Å²) in [6.45, 7) is 4.62. The molecule has 0 bridgehead atoms. The van der Waals surface area contributed by atoms with Crippen LogP contribution in [0.25, 0.3) is 0 Å². The van der Waals surface area contributed by atoms with E-state index in [1.54, 1.807) is 0 Å². The first-order chi connectivity index (χ1) is 11.3. The van der Waals surface area contributed by atoms with Crippen molar-refractivity contribution >= 4 is 5.96 Å². The van der Waals surface area contributed by atoms with Gasteiger partial charge in [-0.1, -0.05) is 51.9 Å². The molecule has 23 heavy (non-hydrogen) atoms. The topological polar surface area (TPSA) is 27.6 Å². The molecule has 0 saturated carbocycles. The van der Waals surface area contributed by atoms with Crippen LogP contribution in [0.3, 0.4) is 0 Å². The van der Waals surface area contributed by atoms with Crippen molar-refractivity contribution < 1.29 is 0 Å². The van der Waals surface area contributed by atoms with Gasteiger partial charge in [-0.2, -0.15) is 0 Å². The summed E-state index contributed by atoms with van der Waals surface area (Å²) < 4.78 is 0. The number of nitrogens with zero attached hydrogens (tertiary/aromatic N) is 2. The fourth-order valence-corrected chi connectivity index (χ4v) is 4.90. The fraction of sp³-hybridized carbons (Fsp3) is 0.950. The summed E-state index contributed by atoms with van der Waals surface area (Å²) >= 11 is 0. The average molecular weight is 320 g/mol. The van der Waals surface area contributed by atoms with Crippen LogP contribution >= 0.6 is 0 Å². The van der Waals surface area contributed by atoms with E-state index in [0.717, 1.165) is 12.1 Å². The van der Waals surface area contributed by atoms with Crippen molar-refractivity contribution in [2.45, 2.75) is 121 Å². The van der Waals surface area contributed by atoms with Gasteiger partial charge in [-0.05, 0) is 45.4 Å². The molecule has 3 nitrogen and oxygen atoms in total. The molecule has 3 aliphatic rings. The lowest BCUT2D eigenvalue weighted by Crippen LogP contribution is -2.64. The normalized spacial score (nSPS) is 33.0. The van der Waals surface area contributed by atoms with Gasteiger partial charge in [-0.25, -0.2) is 4.99 Å². The molecule has 2 fully saturated rings. The lowest BCUT2D eigenvalue weighted by atomic mass is 9.85. The Bertz CT molecular complexity index is 392. The zero-order chi connectivity index (χ0) is 16.1. The lowest BCUT2D eigenvalue weighted by Gasteiger charge is -2.52. The van der Waals surface area contributed by atoms with Gasteiger partial charge >= 0.3 is 0 Å². The van der Waals surface area contributed by atoms with Crippen molar-refractivity contribution in [2.24, 2.45) is 4.99 Å². The maximum Gasteiger partial charge on any atom is 0.194 e. The first-order valence-electron chi connectivity index (χ1n) is 10.4. The zero-order valence-electron chi connectivity index (χ0n) is 15.4. The number of nitrogens with one attached hydrogen (secondary N) is 1. The van der Waals surface area contributed by atoms with Crippen LogP contribution in [0.1, 0.15) is 97.3 Å². The predicted octanol–water partition coefficient (Wildman–Crippen LogP) is 4.86. The molecule has 0 aromatic carbocycles.